The molecule has 0 amide bonds. The summed E-state index contributed by atoms with van der Waals surface area (Å²) in [6.07, 6.45) is -0.661. The summed E-state index contributed by atoms with van der Waals surface area (Å²) in [7, 11) is 0. The van der Waals surface area contributed by atoms with Crippen LogP contribution in [0.15, 0.2) is 18.2 Å². The van der Waals surface area contributed by atoms with E-state index in [0.717, 1.165) is 0 Å². The largest absolute Gasteiger partial charge is 0.391 e. The third-order valence-electron chi connectivity index (χ3n) is 2.38. The molecule has 0 saturated heterocycles. The van der Waals surface area contributed by atoms with Crippen LogP contribution < -0.4 is 5.73 Å². The number of aliphatic hydroxyl groups is 1. The normalized spacial score (nSPS) is 14.4. The van der Waals surface area contributed by atoms with Crippen molar-refractivity contribution in [3.63, 3.8) is 0 Å². The lowest BCUT2D eigenvalue weighted by molar-refractivity contribution is 0.0979. The first-order valence-electron chi connectivity index (χ1n) is 4.82. The summed E-state index contributed by atoms with van der Waals surface area (Å²) < 4.78 is 12.9. The molecule has 2 atom stereocenters. The molecule has 0 heterocycles. The van der Waals surface area contributed by atoms with Crippen LogP contribution in [-0.4, -0.2) is 11.2 Å². The highest BCUT2D eigenvalue weighted by molar-refractivity contribution is 6.30. The van der Waals surface area contributed by atoms with Gasteiger partial charge in [-0.25, -0.2) is 4.39 Å². The van der Waals surface area contributed by atoms with Gasteiger partial charge < -0.3 is 10.8 Å². The molecule has 0 aliphatic carbocycles. The summed E-state index contributed by atoms with van der Waals surface area (Å²) in [5.41, 5.74) is 6.47. The van der Waals surface area contributed by atoms with Crippen LogP contribution in [0.3, 0.4) is 0 Å². The minimum Gasteiger partial charge on any atom is -0.391 e. The van der Waals surface area contributed by atoms with Gasteiger partial charge in [-0.3, -0.25) is 0 Å². The highest BCUT2D eigenvalue weighted by Gasteiger charge is 2.20. The van der Waals surface area contributed by atoms with Gasteiger partial charge in [-0.2, -0.15) is 0 Å². The molecule has 1 rings (SSSR count). The SMILES string of the molecule is CC(C)[C@@H](O)[C@@H](N)c1ccc(F)c(Cl)c1.Cl. The van der Waals surface area contributed by atoms with Crippen molar-refractivity contribution in [3.05, 3.63) is 34.6 Å². The maximum atomic E-state index is 12.9. The molecule has 0 aliphatic rings. The molecule has 2 nitrogen and oxygen atoms in total. The van der Waals surface area contributed by atoms with Gasteiger partial charge in [0.1, 0.15) is 5.82 Å². The van der Waals surface area contributed by atoms with Gasteiger partial charge in [0.15, 0.2) is 0 Å². The average Bonchev–Trinajstić information content (AvgIpc) is 2.19. The molecular formula is C11H16Cl2FNO. The molecule has 0 unspecified atom stereocenters. The monoisotopic (exact) mass is 267 g/mol. The van der Waals surface area contributed by atoms with Gasteiger partial charge in [-0.05, 0) is 23.6 Å². The van der Waals surface area contributed by atoms with Crippen LogP contribution in [0, 0.1) is 11.7 Å². The van der Waals surface area contributed by atoms with Crippen LogP contribution in [0.25, 0.3) is 0 Å². The second-order valence-electron chi connectivity index (χ2n) is 3.93. The van der Waals surface area contributed by atoms with Gasteiger partial charge in [0, 0.05) is 0 Å². The molecule has 0 spiro atoms. The highest BCUT2D eigenvalue weighted by Crippen LogP contribution is 2.23. The van der Waals surface area contributed by atoms with E-state index in [1.807, 2.05) is 13.8 Å². The molecule has 0 bridgehead atoms. The van der Waals surface area contributed by atoms with E-state index in [2.05, 4.69) is 0 Å². The van der Waals surface area contributed by atoms with Crippen LogP contribution in [0.2, 0.25) is 5.02 Å². The number of aliphatic hydroxyl groups excluding tert-OH is 1. The molecule has 0 saturated carbocycles. The van der Waals surface area contributed by atoms with Crippen molar-refractivity contribution in [1.29, 1.82) is 0 Å². The molecule has 0 aromatic heterocycles. The van der Waals surface area contributed by atoms with Gasteiger partial charge >= 0.3 is 0 Å². The molecule has 0 aliphatic heterocycles. The van der Waals surface area contributed by atoms with Crippen LogP contribution in [-0.2, 0) is 0 Å². The summed E-state index contributed by atoms with van der Waals surface area (Å²) in [6.45, 7) is 3.74. The smallest absolute Gasteiger partial charge is 0.141 e. The number of hydrogen-bond donors (Lipinski definition) is 2. The van der Waals surface area contributed by atoms with Crippen LogP contribution in [0.5, 0.6) is 0 Å². The zero-order valence-electron chi connectivity index (χ0n) is 9.15. The van der Waals surface area contributed by atoms with Crippen molar-refractivity contribution in [3.8, 4) is 0 Å². The predicted molar refractivity (Wildman–Crippen MR) is 66.4 cm³/mol. The Hall–Kier alpha value is -0.350. The van der Waals surface area contributed by atoms with Crippen LogP contribution in [0.1, 0.15) is 25.5 Å². The van der Waals surface area contributed by atoms with Crippen molar-refractivity contribution in [2.24, 2.45) is 11.7 Å². The Morgan fingerprint density at radius 2 is 1.94 bits per heavy atom. The molecule has 16 heavy (non-hydrogen) atoms. The molecule has 3 N–H and O–H groups in total. The molecule has 1 aromatic rings. The first-order valence-corrected chi connectivity index (χ1v) is 5.20. The molecule has 0 fully saturated rings. The Balaban J connectivity index is 0.00000225. The van der Waals surface area contributed by atoms with E-state index in [4.69, 9.17) is 17.3 Å². The van der Waals surface area contributed by atoms with E-state index in [1.165, 1.54) is 18.2 Å². The first-order chi connectivity index (χ1) is 6.93. The number of benzene rings is 1. The fraction of sp³-hybridized carbons (Fsp3) is 0.455. The third kappa shape index (κ3) is 3.59. The lowest BCUT2D eigenvalue weighted by Crippen LogP contribution is -2.30. The standard InChI is InChI=1S/C11H15ClFNO.ClH/c1-6(2)11(15)10(14)7-3-4-9(13)8(12)5-7;/h3-6,10-11,15H,14H2,1-2H3;1H/t10-,11+;/m0./s1. The second kappa shape index (κ2) is 6.40. The van der Waals surface area contributed by atoms with Crippen molar-refractivity contribution in [2.45, 2.75) is 26.0 Å². The fourth-order valence-corrected chi connectivity index (χ4v) is 1.52. The zero-order chi connectivity index (χ0) is 11.6. The number of hydrogen-bond acceptors (Lipinski definition) is 2. The van der Waals surface area contributed by atoms with Gasteiger partial charge in [0.2, 0.25) is 0 Å². The Labute approximate surface area is 106 Å². The van der Waals surface area contributed by atoms with Crippen LogP contribution >= 0.6 is 24.0 Å². The quantitative estimate of drug-likeness (QED) is 0.885. The second-order valence-corrected chi connectivity index (χ2v) is 4.34. The van der Waals surface area contributed by atoms with E-state index in [-0.39, 0.29) is 23.3 Å². The molecule has 5 heteroatoms. The third-order valence-corrected chi connectivity index (χ3v) is 2.67. The Morgan fingerprint density at radius 3 is 2.38 bits per heavy atom. The molecule has 1 aromatic carbocycles. The highest BCUT2D eigenvalue weighted by atomic mass is 35.5. The maximum absolute atomic E-state index is 12.9. The number of halogens is 3. The molecule has 0 radical (unpaired) electrons. The van der Waals surface area contributed by atoms with Crippen molar-refractivity contribution >= 4 is 24.0 Å². The number of rotatable bonds is 3. The minimum atomic E-state index is -0.661. The van der Waals surface area contributed by atoms with Gasteiger partial charge in [-0.1, -0.05) is 31.5 Å². The van der Waals surface area contributed by atoms with Crippen molar-refractivity contribution < 1.29 is 9.50 Å². The fourth-order valence-electron chi connectivity index (χ4n) is 1.33. The van der Waals surface area contributed by atoms with E-state index in [9.17, 15) is 9.50 Å². The zero-order valence-corrected chi connectivity index (χ0v) is 10.7. The summed E-state index contributed by atoms with van der Waals surface area (Å²) in [6, 6.07) is 3.71. The lowest BCUT2D eigenvalue weighted by Gasteiger charge is -2.22. The van der Waals surface area contributed by atoms with E-state index in [1.54, 1.807) is 0 Å². The van der Waals surface area contributed by atoms with Crippen molar-refractivity contribution in [2.75, 3.05) is 0 Å². The topological polar surface area (TPSA) is 46.2 Å². The summed E-state index contributed by atoms with van der Waals surface area (Å²) in [5.74, 6) is -0.435. The van der Waals surface area contributed by atoms with Crippen molar-refractivity contribution in [1.82, 2.24) is 0 Å². The average molecular weight is 268 g/mol. The summed E-state index contributed by atoms with van der Waals surface area (Å²) in [4.78, 5) is 0. The van der Waals surface area contributed by atoms with Gasteiger partial charge in [0.05, 0.1) is 17.2 Å². The molecule has 92 valence electrons. The summed E-state index contributed by atoms with van der Waals surface area (Å²) in [5, 5.41) is 9.77. The van der Waals surface area contributed by atoms with Gasteiger partial charge in [-0.15, -0.1) is 12.4 Å². The Bertz CT molecular complexity index is 347. The van der Waals surface area contributed by atoms with Crippen LogP contribution in [0.4, 0.5) is 4.39 Å². The Kier molecular flexibility index (Phi) is 6.26. The minimum absolute atomic E-state index is 0. The first kappa shape index (κ1) is 15.7. The van der Waals surface area contributed by atoms with E-state index < -0.39 is 18.0 Å². The van der Waals surface area contributed by atoms with E-state index in [0.29, 0.717) is 5.56 Å². The summed E-state index contributed by atoms with van der Waals surface area (Å²) >= 11 is 5.63. The lowest BCUT2D eigenvalue weighted by atomic mass is 9.94. The predicted octanol–water partition coefficient (Wildman–Crippen LogP) is 2.92. The Morgan fingerprint density at radius 1 is 1.38 bits per heavy atom. The molecular weight excluding hydrogens is 252 g/mol. The maximum Gasteiger partial charge on any atom is 0.141 e. The number of nitrogens with two attached hydrogens (primary N) is 1. The van der Waals surface area contributed by atoms with Gasteiger partial charge in [0.25, 0.3) is 0 Å². The van der Waals surface area contributed by atoms with E-state index >= 15 is 0 Å².